The van der Waals surface area contributed by atoms with Crippen molar-refractivity contribution in [3.63, 3.8) is 0 Å². The SMILES string of the molecule is CC(=NNc1cccc(F)n1)C(=NO)C(=O)Nc1ccccc1. The van der Waals surface area contributed by atoms with Crippen LogP contribution in [0.2, 0.25) is 0 Å². The highest BCUT2D eigenvalue weighted by Gasteiger charge is 2.16. The predicted octanol–water partition coefficient (Wildman–Crippen LogP) is 2.48. The largest absolute Gasteiger partial charge is 0.410 e. The van der Waals surface area contributed by atoms with Crippen molar-refractivity contribution in [2.24, 2.45) is 10.3 Å². The minimum absolute atomic E-state index is 0.104. The summed E-state index contributed by atoms with van der Waals surface area (Å²) in [5, 5.41) is 18.4. The minimum atomic E-state index is -0.666. The lowest BCUT2D eigenvalue weighted by Gasteiger charge is -2.07. The number of hydrogen-bond acceptors (Lipinski definition) is 6. The quantitative estimate of drug-likeness (QED) is 0.341. The summed E-state index contributed by atoms with van der Waals surface area (Å²) in [6, 6.07) is 12.8. The first-order chi connectivity index (χ1) is 11.1. The Labute approximate surface area is 131 Å². The lowest BCUT2D eigenvalue weighted by Crippen LogP contribution is -2.29. The van der Waals surface area contributed by atoms with Crippen molar-refractivity contribution < 1.29 is 14.4 Å². The van der Waals surface area contributed by atoms with Crippen molar-refractivity contribution in [1.82, 2.24) is 4.98 Å². The number of rotatable bonds is 5. The Bertz CT molecular complexity index is 747. The lowest BCUT2D eigenvalue weighted by molar-refractivity contribution is -0.110. The minimum Gasteiger partial charge on any atom is -0.410 e. The molecule has 0 bridgehead atoms. The van der Waals surface area contributed by atoms with Gasteiger partial charge in [-0.15, -0.1) is 0 Å². The second-order valence-electron chi connectivity index (χ2n) is 4.42. The van der Waals surface area contributed by atoms with E-state index in [1.165, 1.54) is 25.1 Å². The van der Waals surface area contributed by atoms with E-state index in [9.17, 15) is 9.18 Å². The number of pyridine rings is 1. The van der Waals surface area contributed by atoms with Gasteiger partial charge in [-0.25, -0.2) is 4.98 Å². The van der Waals surface area contributed by atoms with Gasteiger partial charge < -0.3 is 10.5 Å². The molecule has 1 aromatic carbocycles. The first-order valence-corrected chi connectivity index (χ1v) is 6.62. The summed E-state index contributed by atoms with van der Waals surface area (Å²) < 4.78 is 13.0. The first-order valence-electron chi connectivity index (χ1n) is 6.62. The summed E-state index contributed by atoms with van der Waals surface area (Å²) in [4.78, 5) is 15.6. The topological polar surface area (TPSA) is 99.0 Å². The van der Waals surface area contributed by atoms with E-state index in [0.717, 1.165) is 0 Å². The summed E-state index contributed by atoms with van der Waals surface area (Å²) in [7, 11) is 0. The smallest absolute Gasteiger partial charge is 0.279 e. The third-order valence-corrected chi connectivity index (χ3v) is 2.74. The van der Waals surface area contributed by atoms with Gasteiger partial charge in [0.2, 0.25) is 5.95 Å². The number of nitrogens with zero attached hydrogens (tertiary/aromatic N) is 3. The van der Waals surface area contributed by atoms with Gasteiger partial charge in [0.1, 0.15) is 5.82 Å². The van der Waals surface area contributed by atoms with E-state index in [2.05, 4.69) is 26.0 Å². The van der Waals surface area contributed by atoms with Crippen LogP contribution >= 0.6 is 0 Å². The summed E-state index contributed by atoms with van der Waals surface area (Å²) in [6.07, 6.45) is 0. The molecule has 1 amide bonds. The molecule has 0 aliphatic carbocycles. The number of nitrogens with one attached hydrogen (secondary N) is 2. The van der Waals surface area contributed by atoms with Crippen molar-refractivity contribution in [3.05, 3.63) is 54.5 Å². The van der Waals surface area contributed by atoms with Crippen LogP contribution in [0.15, 0.2) is 58.8 Å². The molecule has 7 nitrogen and oxygen atoms in total. The number of aromatic nitrogens is 1. The fourth-order valence-electron chi connectivity index (χ4n) is 1.66. The van der Waals surface area contributed by atoms with Crippen molar-refractivity contribution in [3.8, 4) is 0 Å². The second kappa shape index (κ2) is 7.64. The average molecular weight is 315 g/mol. The Morgan fingerprint density at radius 3 is 2.57 bits per heavy atom. The molecule has 3 N–H and O–H groups in total. The molecule has 0 saturated carbocycles. The first kappa shape index (κ1) is 16.1. The number of halogens is 1. The van der Waals surface area contributed by atoms with E-state index >= 15 is 0 Å². The van der Waals surface area contributed by atoms with Crippen LogP contribution in [0.5, 0.6) is 0 Å². The zero-order valence-electron chi connectivity index (χ0n) is 12.2. The highest BCUT2D eigenvalue weighted by atomic mass is 19.1. The fraction of sp³-hybridized carbons (Fsp3) is 0.0667. The Kier molecular flexibility index (Phi) is 5.35. The van der Waals surface area contributed by atoms with E-state index in [0.29, 0.717) is 5.69 Å². The predicted molar refractivity (Wildman–Crippen MR) is 85.2 cm³/mol. The third-order valence-electron chi connectivity index (χ3n) is 2.74. The number of hydrazone groups is 1. The van der Waals surface area contributed by atoms with Gasteiger partial charge in [-0.2, -0.15) is 9.49 Å². The van der Waals surface area contributed by atoms with Gasteiger partial charge in [0.05, 0.1) is 5.71 Å². The number of anilines is 2. The molecular formula is C15H14FN5O2. The molecule has 1 aromatic heterocycles. The number of amides is 1. The van der Waals surface area contributed by atoms with Crippen LogP contribution in [0.4, 0.5) is 15.9 Å². The van der Waals surface area contributed by atoms with E-state index in [4.69, 9.17) is 5.21 Å². The second-order valence-corrected chi connectivity index (χ2v) is 4.42. The summed E-state index contributed by atoms with van der Waals surface area (Å²) >= 11 is 0. The van der Waals surface area contributed by atoms with Gasteiger partial charge in [0.15, 0.2) is 5.71 Å². The molecule has 0 unspecified atom stereocenters. The number of carbonyl (C=O) groups is 1. The molecule has 0 atom stereocenters. The maximum atomic E-state index is 13.0. The van der Waals surface area contributed by atoms with Crippen LogP contribution in [0, 0.1) is 5.95 Å². The highest BCUT2D eigenvalue weighted by molar-refractivity contribution is 6.68. The molecule has 0 spiro atoms. The van der Waals surface area contributed by atoms with Crippen LogP contribution in [0.25, 0.3) is 0 Å². The molecule has 23 heavy (non-hydrogen) atoms. The van der Waals surface area contributed by atoms with Crippen LogP contribution < -0.4 is 10.7 Å². The van der Waals surface area contributed by atoms with Crippen LogP contribution in [0.3, 0.4) is 0 Å². The highest BCUT2D eigenvalue weighted by Crippen LogP contribution is 2.06. The number of benzene rings is 1. The molecule has 118 valence electrons. The number of hydrogen-bond donors (Lipinski definition) is 3. The van der Waals surface area contributed by atoms with Crippen molar-refractivity contribution >= 4 is 28.8 Å². The maximum Gasteiger partial charge on any atom is 0.279 e. The maximum absolute atomic E-state index is 13.0. The van der Waals surface area contributed by atoms with Gasteiger partial charge in [-0.1, -0.05) is 29.4 Å². The third kappa shape index (κ3) is 4.60. The Morgan fingerprint density at radius 2 is 1.91 bits per heavy atom. The Morgan fingerprint density at radius 1 is 1.17 bits per heavy atom. The van der Waals surface area contributed by atoms with Gasteiger partial charge in [0, 0.05) is 5.69 Å². The Balaban J connectivity index is 2.07. The summed E-state index contributed by atoms with van der Waals surface area (Å²) in [6.45, 7) is 1.46. The van der Waals surface area contributed by atoms with Crippen LogP contribution in [-0.4, -0.2) is 27.5 Å². The van der Waals surface area contributed by atoms with Crippen molar-refractivity contribution in [2.75, 3.05) is 10.7 Å². The van der Waals surface area contributed by atoms with E-state index in [-0.39, 0.29) is 17.2 Å². The van der Waals surface area contributed by atoms with E-state index < -0.39 is 11.9 Å². The van der Waals surface area contributed by atoms with Crippen LogP contribution in [0.1, 0.15) is 6.92 Å². The lowest BCUT2D eigenvalue weighted by atomic mass is 10.2. The van der Waals surface area contributed by atoms with Crippen molar-refractivity contribution in [2.45, 2.75) is 6.92 Å². The van der Waals surface area contributed by atoms with Crippen molar-refractivity contribution in [1.29, 1.82) is 0 Å². The summed E-state index contributed by atoms with van der Waals surface area (Å²) in [5.41, 5.74) is 2.85. The molecule has 0 fully saturated rings. The molecule has 1 heterocycles. The van der Waals surface area contributed by atoms with E-state index in [1.807, 2.05) is 0 Å². The van der Waals surface area contributed by atoms with Gasteiger partial charge in [-0.3, -0.25) is 10.2 Å². The molecule has 2 rings (SSSR count). The monoisotopic (exact) mass is 315 g/mol. The molecule has 0 aliphatic heterocycles. The fourth-order valence-corrected chi connectivity index (χ4v) is 1.66. The van der Waals surface area contributed by atoms with Gasteiger partial charge in [0.25, 0.3) is 5.91 Å². The average Bonchev–Trinajstić information content (AvgIpc) is 2.54. The standard InChI is InChI=1S/C15H14FN5O2/c1-10(19-20-13-9-5-8-12(16)18-13)14(21-23)15(22)17-11-6-3-2-4-7-11/h2-9,23H,1H3,(H,17,22)(H,18,20). The molecule has 0 aliphatic rings. The zero-order valence-corrected chi connectivity index (χ0v) is 12.2. The number of para-hydroxylation sites is 1. The molecular weight excluding hydrogens is 301 g/mol. The van der Waals surface area contributed by atoms with E-state index in [1.54, 1.807) is 30.3 Å². The number of carbonyl (C=O) groups excluding carboxylic acids is 1. The normalized spacial score (nSPS) is 11.9. The Hall–Kier alpha value is -3.29. The molecule has 0 radical (unpaired) electrons. The molecule has 8 heteroatoms. The van der Waals surface area contributed by atoms with Gasteiger partial charge in [-0.05, 0) is 31.2 Å². The molecule has 2 aromatic rings. The van der Waals surface area contributed by atoms with Crippen LogP contribution in [-0.2, 0) is 4.79 Å². The number of oxime groups is 1. The molecule has 0 saturated heterocycles. The van der Waals surface area contributed by atoms with Gasteiger partial charge >= 0.3 is 0 Å². The zero-order chi connectivity index (χ0) is 16.7. The summed E-state index contributed by atoms with van der Waals surface area (Å²) in [5.74, 6) is -1.14.